The molecule has 2 amide bonds. The summed E-state index contributed by atoms with van der Waals surface area (Å²) < 4.78 is 6.25. The molecule has 2 aromatic carbocycles. The second-order valence-electron chi connectivity index (χ2n) is 6.63. The van der Waals surface area contributed by atoms with Crippen molar-refractivity contribution in [1.82, 2.24) is 10.6 Å². The minimum atomic E-state index is -1.11. The average Bonchev–Trinajstić information content (AvgIpc) is 3.12. The molecular weight excluding hydrogens is 360 g/mol. The van der Waals surface area contributed by atoms with Gasteiger partial charge in [-0.2, -0.15) is 0 Å². The standard InChI is InChI=1S/C21H24N2O3S/c1-21(25,19-13-16-5-3-4-6-18(16)27-19)14-23-20(24)22-12-11-15-7-9-17(26-2)10-8-15/h3-10,13,25H,11-12,14H2,1-2H3,(H2,22,23,24). The van der Waals surface area contributed by atoms with Crippen LogP contribution in [0.1, 0.15) is 17.4 Å². The Balaban J connectivity index is 1.47. The Morgan fingerprint density at radius 3 is 2.59 bits per heavy atom. The first-order chi connectivity index (χ1) is 13.0. The molecule has 1 aromatic heterocycles. The van der Waals surface area contributed by atoms with Gasteiger partial charge in [0.15, 0.2) is 0 Å². The van der Waals surface area contributed by atoms with Gasteiger partial charge in [0.05, 0.1) is 13.7 Å². The maximum Gasteiger partial charge on any atom is 0.314 e. The molecule has 27 heavy (non-hydrogen) atoms. The number of amides is 2. The molecule has 6 heteroatoms. The van der Waals surface area contributed by atoms with Gasteiger partial charge >= 0.3 is 6.03 Å². The van der Waals surface area contributed by atoms with E-state index in [0.717, 1.165) is 32.7 Å². The fourth-order valence-corrected chi connectivity index (χ4v) is 3.87. The average molecular weight is 385 g/mol. The topological polar surface area (TPSA) is 70.6 Å². The fourth-order valence-electron chi connectivity index (χ4n) is 2.76. The lowest BCUT2D eigenvalue weighted by Gasteiger charge is -2.22. The fraction of sp³-hybridized carbons (Fsp3) is 0.286. The van der Waals surface area contributed by atoms with Gasteiger partial charge in [0.2, 0.25) is 0 Å². The molecule has 1 atom stereocenters. The largest absolute Gasteiger partial charge is 0.497 e. The zero-order chi connectivity index (χ0) is 19.3. The number of nitrogens with one attached hydrogen (secondary N) is 2. The first-order valence-electron chi connectivity index (χ1n) is 8.84. The van der Waals surface area contributed by atoms with Crippen molar-refractivity contribution >= 4 is 27.5 Å². The quantitative estimate of drug-likeness (QED) is 0.582. The molecule has 0 spiro atoms. The van der Waals surface area contributed by atoms with Gasteiger partial charge in [0.25, 0.3) is 0 Å². The number of aliphatic hydroxyl groups is 1. The van der Waals surface area contributed by atoms with Crippen molar-refractivity contribution in [2.45, 2.75) is 18.9 Å². The highest BCUT2D eigenvalue weighted by atomic mass is 32.1. The summed E-state index contributed by atoms with van der Waals surface area (Å²) in [6.45, 7) is 2.38. The summed E-state index contributed by atoms with van der Waals surface area (Å²) in [5.41, 5.74) is 0.00479. The molecule has 3 aromatic rings. The molecule has 0 saturated heterocycles. The second kappa shape index (κ2) is 8.41. The number of fused-ring (bicyclic) bond motifs is 1. The monoisotopic (exact) mass is 384 g/mol. The minimum Gasteiger partial charge on any atom is -0.497 e. The van der Waals surface area contributed by atoms with Gasteiger partial charge in [-0.15, -0.1) is 11.3 Å². The van der Waals surface area contributed by atoms with E-state index < -0.39 is 5.60 Å². The van der Waals surface area contributed by atoms with E-state index in [-0.39, 0.29) is 12.6 Å². The van der Waals surface area contributed by atoms with Crippen molar-refractivity contribution in [3.8, 4) is 5.75 Å². The Morgan fingerprint density at radius 1 is 1.15 bits per heavy atom. The van der Waals surface area contributed by atoms with Crippen molar-refractivity contribution < 1.29 is 14.6 Å². The number of thiophene rings is 1. The zero-order valence-electron chi connectivity index (χ0n) is 15.5. The number of hydrogen-bond donors (Lipinski definition) is 3. The maximum atomic E-state index is 12.0. The van der Waals surface area contributed by atoms with Crippen LogP contribution in [0.15, 0.2) is 54.6 Å². The Morgan fingerprint density at radius 2 is 1.89 bits per heavy atom. The summed E-state index contributed by atoms with van der Waals surface area (Å²) in [6.07, 6.45) is 0.726. The van der Waals surface area contributed by atoms with Gasteiger partial charge < -0.3 is 20.5 Å². The normalized spacial score (nSPS) is 13.1. The summed E-state index contributed by atoms with van der Waals surface area (Å²) in [7, 11) is 1.63. The van der Waals surface area contributed by atoms with Crippen LogP contribution in [0.2, 0.25) is 0 Å². The number of hydrogen-bond acceptors (Lipinski definition) is 4. The highest BCUT2D eigenvalue weighted by Crippen LogP contribution is 2.32. The molecular formula is C21H24N2O3S. The van der Waals surface area contributed by atoms with Crippen molar-refractivity contribution in [3.05, 3.63) is 65.0 Å². The highest BCUT2D eigenvalue weighted by molar-refractivity contribution is 7.19. The second-order valence-corrected chi connectivity index (χ2v) is 7.71. The molecule has 142 valence electrons. The van der Waals surface area contributed by atoms with E-state index in [2.05, 4.69) is 10.6 Å². The number of urea groups is 1. The third-order valence-corrected chi connectivity index (χ3v) is 5.78. The third kappa shape index (κ3) is 4.99. The molecule has 3 rings (SSSR count). The maximum absolute atomic E-state index is 12.0. The summed E-state index contributed by atoms with van der Waals surface area (Å²) in [5, 5.41) is 17.4. The number of methoxy groups -OCH3 is 1. The molecule has 0 fully saturated rings. The summed E-state index contributed by atoms with van der Waals surface area (Å²) in [5.74, 6) is 0.813. The first kappa shape index (κ1) is 19.2. The third-order valence-electron chi connectivity index (χ3n) is 4.41. The smallest absolute Gasteiger partial charge is 0.314 e. The van der Waals surface area contributed by atoms with Crippen molar-refractivity contribution in [2.24, 2.45) is 0 Å². The SMILES string of the molecule is COc1ccc(CCNC(=O)NCC(C)(O)c2cc3ccccc3s2)cc1. The van der Waals surface area contributed by atoms with Crippen LogP contribution in [0.5, 0.6) is 5.75 Å². The van der Waals surface area contributed by atoms with Gasteiger partial charge in [0.1, 0.15) is 11.4 Å². The van der Waals surface area contributed by atoms with Gasteiger partial charge in [-0.1, -0.05) is 30.3 Å². The van der Waals surface area contributed by atoms with E-state index in [1.807, 2.05) is 54.6 Å². The van der Waals surface area contributed by atoms with Gasteiger partial charge in [-0.05, 0) is 48.6 Å². The molecule has 5 nitrogen and oxygen atoms in total. The van der Waals surface area contributed by atoms with Crippen LogP contribution in [0, 0.1) is 0 Å². The zero-order valence-corrected chi connectivity index (χ0v) is 16.3. The van der Waals surface area contributed by atoms with Gasteiger partial charge in [-0.3, -0.25) is 0 Å². The van der Waals surface area contributed by atoms with Gasteiger partial charge in [-0.25, -0.2) is 4.79 Å². The van der Waals surface area contributed by atoms with E-state index in [1.165, 1.54) is 0 Å². The summed E-state index contributed by atoms with van der Waals surface area (Å²) in [6, 6.07) is 17.4. The molecule has 3 N–H and O–H groups in total. The van der Waals surface area contributed by atoms with Crippen LogP contribution < -0.4 is 15.4 Å². The van der Waals surface area contributed by atoms with Gasteiger partial charge in [0, 0.05) is 16.1 Å². The van der Waals surface area contributed by atoms with E-state index >= 15 is 0 Å². The number of ether oxygens (including phenoxy) is 1. The van der Waals surface area contributed by atoms with E-state index in [0.29, 0.717) is 6.54 Å². The molecule has 0 aliphatic rings. The minimum absolute atomic E-state index is 0.147. The number of carbonyl (C=O) groups excluding carboxylic acids is 1. The van der Waals surface area contributed by atoms with Crippen LogP contribution in [0.3, 0.4) is 0 Å². The van der Waals surface area contributed by atoms with Crippen LogP contribution in [0.25, 0.3) is 10.1 Å². The summed E-state index contributed by atoms with van der Waals surface area (Å²) in [4.78, 5) is 12.9. The molecule has 1 heterocycles. The van der Waals surface area contributed by atoms with Crippen LogP contribution in [-0.4, -0.2) is 31.3 Å². The van der Waals surface area contributed by atoms with Crippen molar-refractivity contribution in [2.75, 3.05) is 20.2 Å². The van der Waals surface area contributed by atoms with Crippen LogP contribution in [-0.2, 0) is 12.0 Å². The van der Waals surface area contributed by atoms with Crippen molar-refractivity contribution in [1.29, 1.82) is 0 Å². The van der Waals surface area contributed by atoms with E-state index in [4.69, 9.17) is 4.74 Å². The Kier molecular flexibility index (Phi) is 5.98. The number of carbonyl (C=O) groups is 1. The predicted octanol–water partition coefficient (Wildman–Crippen LogP) is 3.66. The lowest BCUT2D eigenvalue weighted by molar-refractivity contribution is 0.0632. The van der Waals surface area contributed by atoms with Crippen LogP contribution in [0.4, 0.5) is 4.79 Å². The number of rotatable bonds is 7. The molecule has 1 unspecified atom stereocenters. The Hall–Kier alpha value is -2.57. The molecule has 0 aliphatic heterocycles. The molecule has 0 saturated carbocycles. The van der Waals surface area contributed by atoms with E-state index in [9.17, 15) is 9.90 Å². The summed E-state index contributed by atoms with van der Waals surface area (Å²) >= 11 is 1.54. The van der Waals surface area contributed by atoms with Crippen LogP contribution >= 0.6 is 11.3 Å². The molecule has 0 radical (unpaired) electrons. The van der Waals surface area contributed by atoms with E-state index in [1.54, 1.807) is 25.4 Å². The highest BCUT2D eigenvalue weighted by Gasteiger charge is 2.26. The lowest BCUT2D eigenvalue weighted by Crippen LogP contribution is -2.43. The predicted molar refractivity (Wildman–Crippen MR) is 109 cm³/mol. The Labute approximate surface area is 163 Å². The first-order valence-corrected chi connectivity index (χ1v) is 9.66. The lowest BCUT2D eigenvalue weighted by atomic mass is 10.0. The van der Waals surface area contributed by atoms with Crippen molar-refractivity contribution in [3.63, 3.8) is 0 Å². The molecule has 0 bridgehead atoms. The number of benzene rings is 2. The molecule has 0 aliphatic carbocycles. The Bertz CT molecular complexity index is 870.